The number of alkyl halides is 3. The number of pyridine rings is 1. The van der Waals surface area contributed by atoms with Gasteiger partial charge in [-0.05, 0) is 43.4 Å². The Labute approximate surface area is 125 Å². The summed E-state index contributed by atoms with van der Waals surface area (Å²) >= 11 is 0. The van der Waals surface area contributed by atoms with E-state index in [1.807, 2.05) is 6.20 Å². The molecule has 5 nitrogen and oxygen atoms in total. The molecule has 2 fully saturated rings. The molecule has 3 N–H and O–H groups in total. The summed E-state index contributed by atoms with van der Waals surface area (Å²) in [6.07, 6.45) is 0.844. The molecule has 1 aliphatic carbocycles. The molecule has 1 saturated carbocycles. The fourth-order valence-corrected chi connectivity index (χ4v) is 2.14. The van der Waals surface area contributed by atoms with E-state index in [-0.39, 0.29) is 0 Å². The van der Waals surface area contributed by atoms with Crippen molar-refractivity contribution in [1.82, 2.24) is 10.3 Å². The topological polar surface area (TPSA) is 74.2 Å². The van der Waals surface area contributed by atoms with Crippen molar-refractivity contribution in [3.63, 3.8) is 0 Å². The number of nitrogens with zero attached hydrogens (tertiary/aromatic N) is 1. The maximum Gasteiger partial charge on any atom is 0.490 e. The van der Waals surface area contributed by atoms with E-state index < -0.39 is 12.1 Å². The van der Waals surface area contributed by atoms with Crippen LogP contribution in [-0.2, 0) is 4.79 Å². The number of carbonyl (C=O) groups is 1. The van der Waals surface area contributed by atoms with Crippen LogP contribution in [0.4, 0.5) is 19.0 Å². The van der Waals surface area contributed by atoms with E-state index in [1.54, 1.807) is 0 Å². The third-order valence-electron chi connectivity index (χ3n) is 3.49. The summed E-state index contributed by atoms with van der Waals surface area (Å²) < 4.78 is 31.7. The third kappa shape index (κ3) is 5.18. The van der Waals surface area contributed by atoms with Gasteiger partial charge in [-0.3, -0.25) is 0 Å². The normalized spacial score (nSPS) is 21.0. The van der Waals surface area contributed by atoms with Gasteiger partial charge in [-0.1, -0.05) is 6.07 Å². The monoisotopic (exact) mass is 317 g/mol. The van der Waals surface area contributed by atoms with Gasteiger partial charge >= 0.3 is 12.1 Å². The predicted octanol–water partition coefficient (Wildman–Crippen LogP) is 2.37. The Kier molecular flexibility index (Phi) is 5.23. The zero-order valence-corrected chi connectivity index (χ0v) is 11.9. The Hall–Kier alpha value is -1.83. The lowest BCUT2D eigenvalue weighted by molar-refractivity contribution is -0.192. The van der Waals surface area contributed by atoms with Crippen LogP contribution in [0.2, 0.25) is 0 Å². The minimum absolute atomic E-state index is 0.560. The average molecular weight is 317 g/mol. The summed E-state index contributed by atoms with van der Waals surface area (Å²) in [5.41, 5.74) is 1.41. The summed E-state index contributed by atoms with van der Waals surface area (Å²) in [7, 11) is 0. The number of aromatic nitrogens is 1. The molecule has 0 radical (unpaired) electrons. The van der Waals surface area contributed by atoms with E-state index in [9.17, 15) is 13.2 Å². The quantitative estimate of drug-likeness (QED) is 0.798. The van der Waals surface area contributed by atoms with Crippen molar-refractivity contribution in [3.8, 4) is 0 Å². The van der Waals surface area contributed by atoms with Crippen molar-refractivity contribution in [2.75, 3.05) is 18.4 Å². The highest BCUT2D eigenvalue weighted by molar-refractivity contribution is 5.73. The van der Waals surface area contributed by atoms with Crippen molar-refractivity contribution in [1.29, 1.82) is 0 Å². The van der Waals surface area contributed by atoms with Crippen LogP contribution in [-0.4, -0.2) is 41.4 Å². The lowest BCUT2D eigenvalue weighted by Crippen LogP contribution is -2.22. The number of carboxylic acids is 1. The van der Waals surface area contributed by atoms with Gasteiger partial charge in [0.05, 0.1) is 0 Å². The Balaban J connectivity index is 0.000000217. The highest BCUT2D eigenvalue weighted by Crippen LogP contribution is 2.39. The number of nitrogens with one attached hydrogen (secondary N) is 2. The van der Waals surface area contributed by atoms with Gasteiger partial charge < -0.3 is 15.7 Å². The van der Waals surface area contributed by atoms with Crippen LogP contribution < -0.4 is 10.6 Å². The molecule has 8 heteroatoms. The summed E-state index contributed by atoms with van der Waals surface area (Å²) in [6, 6.07) is 4.89. The van der Waals surface area contributed by atoms with Crippen LogP contribution >= 0.6 is 0 Å². The largest absolute Gasteiger partial charge is 0.490 e. The fraction of sp³-hybridized carbons (Fsp3) is 0.571. The zero-order valence-electron chi connectivity index (χ0n) is 11.9. The Bertz CT molecular complexity index is 495. The molecule has 2 heterocycles. The van der Waals surface area contributed by atoms with Crippen LogP contribution in [0.1, 0.15) is 30.7 Å². The predicted molar refractivity (Wildman–Crippen MR) is 74.8 cm³/mol. The number of halogens is 3. The van der Waals surface area contributed by atoms with Crippen LogP contribution in [0.15, 0.2) is 18.3 Å². The minimum atomic E-state index is -5.08. The van der Waals surface area contributed by atoms with E-state index >= 15 is 0 Å². The molecule has 1 saturated heterocycles. The maximum absolute atomic E-state index is 10.6. The SMILES string of the molecule is O=C(O)C(F)(F)F.c1cc(NC2CCNC2)ncc1C1CC1. The Morgan fingerprint density at radius 2 is 2.00 bits per heavy atom. The zero-order chi connectivity index (χ0) is 16.2. The van der Waals surface area contributed by atoms with Gasteiger partial charge in [0.2, 0.25) is 0 Å². The molecule has 3 rings (SSSR count). The van der Waals surface area contributed by atoms with Crippen LogP contribution in [0, 0.1) is 0 Å². The van der Waals surface area contributed by atoms with Crippen molar-refractivity contribution in [3.05, 3.63) is 23.9 Å². The third-order valence-corrected chi connectivity index (χ3v) is 3.49. The van der Waals surface area contributed by atoms with Gasteiger partial charge in [0.15, 0.2) is 0 Å². The molecule has 22 heavy (non-hydrogen) atoms. The second-order valence-corrected chi connectivity index (χ2v) is 5.39. The molecular formula is C14H18F3N3O2. The Morgan fingerprint density at radius 3 is 2.41 bits per heavy atom. The van der Waals surface area contributed by atoms with E-state index in [0.29, 0.717) is 6.04 Å². The number of carboxylic acid groups (broad SMARTS) is 1. The Morgan fingerprint density at radius 1 is 1.32 bits per heavy atom. The molecule has 0 amide bonds. The molecular weight excluding hydrogens is 299 g/mol. The van der Waals surface area contributed by atoms with Crippen LogP contribution in [0.5, 0.6) is 0 Å². The number of aliphatic carboxylic acids is 1. The first-order valence-electron chi connectivity index (χ1n) is 7.09. The smallest absolute Gasteiger partial charge is 0.475 e. The van der Waals surface area contributed by atoms with Crippen molar-refractivity contribution < 1.29 is 23.1 Å². The first-order valence-corrected chi connectivity index (χ1v) is 7.09. The molecule has 1 aromatic heterocycles. The van der Waals surface area contributed by atoms with Gasteiger partial charge in [-0.25, -0.2) is 9.78 Å². The molecule has 1 aromatic rings. The highest BCUT2D eigenvalue weighted by atomic mass is 19.4. The maximum atomic E-state index is 10.6. The van der Waals surface area contributed by atoms with Gasteiger partial charge in [-0.15, -0.1) is 0 Å². The van der Waals surface area contributed by atoms with E-state index in [0.717, 1.165) is 24.8 Å². The van der Waals surface area contributed by atoms with E-state index in [4.69, 9.17) is 9.90 Å². The number of rotatable bonds is 3. The van der Waals surface area contributed by atoms with Crippen molar-refractivity contribution in [2.45, 2.75) is 37.4 Å². The molecule has 1 atom stereocenters. The highest BCUT2D eigenvalue weighted by Gasteiger charge is 2.38. The van der Waals surface area contributed by atoms with Crippen molar-refractivity contribution >= 4 is 11.8 Å². The van der Waals surface area contributed by atoms with Gasteiger partial charge in [0, 0.05) is 18.8 Å². The molecule has 0 spiro atoms. The average Bonchev–Trinajstić information content (AvgIpc) is 3.18. The standard InChI is InChI=1S/C12H17N3.C2HF3O2/c1-2-9(1)10-3-4-12(14-7-10)15-11-5-6-13-8-11;3-2(4,5)1(6)7/h3-4,7,9,11,13H,1-2,5-6,8H2,(H,14,15);(H,6,7). The first kappa shape index (κ1) is 16.5. The summed E-state index contributed by atoms with van der Waals surface area (Å²) in [5, 5.41) is 13.9. The lowest BCUT2D eigenvalue weighted by atomic mass is 10.2. The molecule has 122 valence electrons. The van der Waals surface area contributed by atoms with Gasteiger partial charge in [-0.2, -0.15) is 13.2 Å². The fourth-order valence-electron chi connectivity index (χ4n) is 2.14. The van der Waals surface area contributed by atoms with Crippen LogP contribution in [0.25, 0.3) is 0 Å². The summed E-state index contributed by atoms with van der Waals surface area (Å²) in [4.78, 5) is 13.4. The van der Waals surface area contributed by atoms with Crippen molar-refractivity contribution in [2.24, 2.45) is 0 Å². The second-order valence-electron chi connectivity index (χ2n) is 5.39. The number of hydrogen-bond acceptors (Lipinski definition) is 4. The van der Waals surface area contributed by atoms with Gasteiger partial charge in [0.25, 0.3) is 0 Å². The second kappa shape index (κ2) is 6.95. The molecule has 2 aliphatic rings. The molecule has 0 bridgehead atoms. The molecule has 1 aliphatic heterocycles. The summed E-state index contributed by atoms with van der Waals surface area (Å²) in [5.74, 6) is -0.930. The number of anilines is 1. The lowest BCUT2D eigenvalue weighted by Gasteiger charge is -2.11. The molecule has 0 aromatic carbocycles. The van der Waals surface area contributed by atoms with E-state index in [2.05, 4.69) is 27.8 Å². The molecule has 1 unspecified atom stereocenters. The van der Waals surface area contributed by atoms with E-state index in [1.165, 1.54) is 24.8 Å². The van der Waals surface area contributed by atoms with Gasteiger partial charge in [0.1, 0.15) is 5.82 Å². The van der Waals surface area contributed by atoms with Crippen LogP contribution in [0.3, 0.4) is 0 Å². The first-order chi connectivity index (χ1) is 10.4. The summed E-state index contributed by atoms with van der Waals surface area (Å²) in [6.45, 7) is 2.18. The minimum Gasteiger partial charge on any atom is -0.475 e. The number of hydrogen-bond donors (Lipinski definition) is 3.